The van der Waals surface area contributed by atoms with E-state index in [1.807, 2.05) is 32.9 Å². The smallest absolute Gasteiger partial charge is 0.262 e. The van der Waals surface area contributed by atoms with E-state index in [1.54, 1.807) is 24.3 Å². The number of fused-ring (bicyclic) bond motifs is 1. The Morgan fingerprint density at radius 1 is 1.23 bits per heavy atom. The number of rotatable bonds is 6. The summed E-state index contributed by atoms with van der Waals surface area (Å²) in [6.07, 6.45) is 0.811. The van der Waals surface area contributed by atoms with Gasteiger partial charge in [0.1, 0.15) is 11.4 Å². The van der Waals surface area contributed by atoms with Gasteiger partial charge in [0.05, 0.1) is 12.3 Å². The highest BCUT2D eigenvalue weighted by Gasteiger charge is 2.32. The summed E-state index contributed by atoms with van der Waals surface area (Å²) in [4.78, 5) is 12.3. The van der Waals surface area contributed by atoms with Gasteiger partial charge in [-0.15, -0.1) is 0 Å². The molecule has 26 heavy (non-hydrogen) atoms. The van der Waals surface area contributed by atoms with Gasteiger partial charge in [0, 0.05) is 17.0 Å². The van der Waals surface area contributed by atoms with Gasteiger partial charge in [0.25, 0.3) is 5.91 Å². The zero-order chi connectivity index (χ0) is 18.7. The lowest BCUT2D eigenvalue weighted by molar-refractivity contribution is -0.118. The standard InChI is InChI=1S/C20H22ClNO4/c1-4-24-16-9-8-14(21)10-15(16)22-18(23)12-25-17-7-5-6-13-11-20(2,3)26-19(13)17/h5-10H,4,11-12H2,1-3H3,(H,22,23). The van der Waals surface area contributed by atoms with E-state index in [2.05, 4.69) is 5.32 Å². The lowest BCUT2D eigenvalue weighted by atomic mass is 10.0. The van der Waals surface area contributed by atoms with Gasteiger partial charge in [-0.2, -0.15) is 0 Å². The molecular formula is C20H22ClNO4. The highest BCUT2D eigenvalue weighted by atomic mass is 35.5. The predicted octanol–water partition coefficient (Wildman–Crippen LogP) is 4.47. The molecule has 0 saturated carbocycles. The Kier molecular flexibility index (Phi) is 5.28. The van der Waals surface area contributed by atoms with Gasteiger partial charge in [-0.1, -0.05) is 23.7 Å². The number of ether oxygens (including phenoxy) is 3. The zero-order valence-corrected chi connectivity index (χ0v) is 15.9. The maximum atomic E-state index is 12.3. The SMILES string of the molecule is CCOc1ccc(Cl)cc1NC(=O)COc1cccc2c1OC(C)(C)C2. The van der Waals surface area contributed by atoms with Crippen molar-refractivity contribution >= 4 is 23.2 Å². The number of carbonyl (C=O) groups is 1. The summed E-state index contributed by atoms with van der Waals surface area (Å²) in [6.45, 7) is 6.28. The number of hydrogen-bond acceptors (Lipinski definition) is 4. The van der Waals surface area contributed by atoms with E-state index in [4.69, 9.17) is 25.8 Å². The molecule has 3 rings (SSSR count). The topological polar surface area (TPSA) is 56.8 Å². The predicted molar refractivity (Wildman–Crippen MR) is 102 cm³/mol. The normalized spacial score (nSPS) is 14.3. The summed E-state index contributed by atoms with van der Waals surface area (Å²) in [7, 11) is 0. The fraction of sp³-hybridized carbons (Fsp3) is 0.350. The van der Waals surface area contributed by atoms with E-state index in [-0.39, 0.29) is 18.1 Å². The third kappa shape index (κ3) is 4.22. The second-order valence-corrected chi connectivity index (χ2v) is 7.13. The van der Waals surface area contributed by atoms with Crippen LogP contribution >= 0.6 is 11.6 Å². The summed E-state index contributed by atoms with van der Waals surface area (Å²) < 4.78 is 17.1. The van der Waals surface area contributed by atoms with Crippen LogP contribution in [-0.2, 0) is 11.2 Å². The number of anilines is 1. The Hall–Kier alpha value is -2.40. The third-order valence-corrected chi connectivity index (χ3v) is 4.16. The second-order valence-electron chi connectivity index (χ2n) is 6.69. The number of carbonyl (C=O) groups excluding carboxylic acids is 1. The molecule has 2 aromatic rings. The molecule has 0 unspecified atom stereocenters. The monoisotopic (exact) mass is 375 g/mol. The van der Waals surface area contributed by atoms with Crippen molar-refractivity contribution in [2.24, 2.45) is 0 Å². The Bertz CT molecular complexity index is 819. The van der Waals surface area contributed by atoms with Crippen molar-refractivity contribution in [1.29, 1.82) is 0 Å². The van der Waals surface area contributed by atoms with Crippen molar-refractivity contribution < 1.29 is 19.0 Å². The first-order valence-corrected chi connectivity index (χ1v) is 8.91. The van der Waals surface area contributed by atoms with E-state index < -0.39 is 0 Å². The maximum absolute atomic E-state index is 12.3. The average Bonchev–Trinajstić information content (AvgIpc) is 2.90. The van der Waals surface area contributed by atoms with Crippen LogP contribution in [0.2, 0.25) is 5.02 Å². The largest absolute Gasteiger partial charge is 0.492 e. The first kappa shape index (κ1) is 18.4. The first-order valence-electron chi connectivity index (χ1n) is 8.54. The molecule has 0 radical (unpaired) electrons. The Morgan fingerprint density at radius 2 is 2.04 bits per heavy atom. The molecule has 1 N–H and O–H groups in total. The minimum Gasteiger partial charge on any atom is -0.492 e. The summed E-state index contributed by atoms with van der Waals surface area (Å²) in [5.74, 6) is 1.54. The van der Waals surface area contributed by atoms with Crippen LogP contribution in [0.15, 0.2) is 36.4 Å². The van der Waals surface area contributed by atoms with Crippen LogP contribution in [-0.4, -0.2) is 24.7 Å². The molecule has 138 valence electrons. The molecule has 0 spiro atoms. The first-order chi connectivity index (χ1) is 12.4. The molecule has 5 nitrogen and oxygen atoms in total. The fourth-order valence-electron chi connectivity index (χ4n) is 2.91. The molecule has 0 bridgehead atoms. The van der Waals surface area contributed by atoms with Crippen molar-refractivity contribution in [3.05, 3.63) is 47.0 Å². The molecule has 0 aliphatic carbocycles. The van der Waals surface area contributed by atoms with E-state index >= 15 is 0 Å². The molecule has 0 aromatic heterocycles. The van der Waals surface area contributed by atoms with Crippen molar-refractivity contribution in [1.82, 2.24) is 0 Å². The van der Waals surface area contributed by atoms with Gasteiger partial charge >= 0.3 is 0 Å². The van der Waals surface area contributed by atoms with Gasteiger partial charge in [0.15, 0.2) is 18.1 Å². The number of nitrogens with one attached hydrogen (secondary N) is 1. The molecule has 1 heterocycles. The minimum absolute atomic E-state index is 0.141. The van der Waals surface area contributed by atoms with Gasteiger partial charge < -0.3 is 19.5 Å². The van der Waals surface area contributed by atoms with E-state index in [1.165, 1.54) is 0 Å². The number of hydrogen-bond donors (Lipinski definition) is 1. The van der Waals surface area contributed by atoms with Crippen LogP contribution in [0.5, 0.6) is 17.2 Å². The number of halogens is 1. The summed E-state index contributed by atoms with van der Waals surface area (Å²) in [5.41, 5.74) is 1.34. The molecule has 1 aliphatic heterocycles. The number of para-hydroxylation sites is 1. The van der Waals surface area contributed by atoms with Crippen LogP contribution in [0.4, 0.5) is 5.69 Å². The van der Waals surface area contributed by atoms with Crippen LogP contribution in [0.3, 0.4) is 0 Å². The maximum Gasteiger partial charge on any atom is 0.262 e. The molecule has 0 atom stereocenters. The Labute approximate surface area is 158 Å². The molecule has 0 saturated heterocycles. The van der Waals surface area contributed by atoms with Crippen LogP contribution in [0, 0.1) is 0 Å². The molecule has 1 amide bonds. The Balaban J connectivity index is 1.66. The quantitative estimate of drug-likeness (QED) is 0.809. The second kappa shape index (κ2) is 7.46. The molecule has 6 heteroatoms. The third-order valence-electron chi connectivity index (χ3n) is 3.93. The van der Waals surface area contributed by atoms with E-state index in [0.717, 1.165) is 12.0 Å². The van der Waals surface area contributed by atoms with Crippen molar-refractivity contribution in [2.45, 2.75) is 32.8 Å². The summed E-state index contributed by atoms with van der Waals surface area (Å²) in [5, 5.41) is 3.29. The van der Waals surface area contributed by atoms with Crippen LogP contribution in [0.1, 0.15) is 26.3 Å². The highest BCUT2D eigenvalue weighted by molar-refractivity contribution is 6.31. The van der Waals surface area contributed by atoms with Gasteiger partial charge in [-0.25, -0.2) is 0 Å². The molecular weight excluding hydrogens is 354 g/mol. The molecule has 0 fully saturated rings. The van der Waals surface area contributed by atoms with Gasteiger partial charge in [0.2, 0.25) is 0 Å². The number of amides is 1. The van der Waals surface area contributed by atoms with Gasteiger partial charge in [-0.05, 0) is 45.0 Å². The summed E-state index contributed by atoms with van der Waals surface area (Å²) in [6, 6.07) is 10.8. The highest BCUT2D eigenvalue weighted by Crippen LogP contribution is 2.41. The lowest BCUT2D eigenvalue weighted by Crippen LogP contribution is -2.25. The molecule has 1 aliphatic rings. The van der Waals surface area contributed by atoms with Gasteiger partial charge in [-0.3, -0.25) is 4.79 Å². The van der Waals surface area contributed by atoms with Crippen molar-refractivity contribution in [3.63, 3.8) is 0 Å². The Morgan fingerprint density at radius 3 is 2.81 bits per heavy atom. The van der Waals surface area contributed by atoms with Crippen LogP contribution < -0.4 is 19.5 Å². The van der Waals surface area contributed by atoms with Crippen molar-refractivity contribution in [2.75, 3.05) is 18.5 Å². The van der Waals surface area contributed by atoms with E-state index in [0.29, 0.717) is 34.6 Å². The van der Waals surface area contributed by atoms with Crippen LogP contribution in [0.25, 0.3) is 0 Å². The zero-order valence-electron chi connectivity index (χ0n) is 15.1. The molecule has 2 aromatic carbocycles. The average molecular weight is 376 g/mol. The van der Waals surface area contributed by atoms with Crippen molar-refractivity contribution in [3.8, 4) is 17.2 Å². The van der Waals surface area contributed by atoms with E-state index in [9.17, 15) is 4.79 Å². The number of benzene rings is 2. The minimum atomic E-state index is -0.303. The summed E-state index contributed by atoms with van der Waals surface area (Å²) >= 11 is 6.01. The fourth-order valence-corrected chi connectivity index (χ4v) is 3.08. The lowest BCUT2D eigenvalue weighted by Gasteiger charge is -2.18.